The minimum Gasteiger partial charge on any atom is -0.409 e. The van der Waals surface area contributed by atoms with Crippen LogP contribution in [-0.4, -0.2) is 35.8 Å². The van der Waals surface area contributed by atoms with Crippen molar-refractivity contribution in [1.29, 1.82) is 0 Å². The van der Waals surface area contributed by atoms with Crippen LogP contribution in [0.1, 0.15) is 33.1 Å². The van der Waals surface area contributed by atoms with E-state index >= 15 is 0 Å². The predicted molar refractivity (Wildman–Crippen MR) is 59.1 cm³/mol. The van der Waals surface area contributed by atoms with Crippen molar-refractivity contribution in [2.45, 2.75) is 44.7 Å². The van der Waals surface area contributed by atoms with Crippen molar-refractivity contribution in [3.8, 4) is 0 Å². The maximum atomic E-state index is 8.51. The Kier molecular flexibility index (Phi) is 4.35. The van der Waals surface area contributed by atoms with E-state index in [0.717, 1.165) is 26.1 Å². The average Bonchev–Trinajstić information content (AvgIpc) is 2.63. The third kappa shape index (κ3) is 3.68. The van der Waals surface area contributed by atoms with Crippen LogP contribution in [0.15, 0.2) is 5.16 Å². The minimum absolute atomic E-state index is 0.0381. The van der Waals surface area contributed by atoms with Gasteiger partial charge >= 0.3 is 0 Å². The van der Waals surface area contributed by atoms with Gasteiger partial charge in [-0.15, -0.1) is 0 Å². The summed E-state index contributed by atoms with van der Waals surface area (Å²) in [5.74, 6) is 0.275. The van der Waals surface area contributed by atoms with E-state index in [2.05, 4.69) is 24.3 Å². The van der Waals surface area contributed by atoms with E-state index in [4.69, 9.17) is 15.7 Å². The first-order valence-electron chi connectivity index (χ1n) is 5.41. The van der Waals surface area contributed by atoms with E-state index in [1.807, 2.05) is 0 Å². The molecule has 0 aliphatic carbocycles. The summed E-state index contributed by atoms with van der Waals surface area (Å²) in [4.78, 5) is 0. The summed E-state index contributed by atoms with van der Waals surface area (Å²) < 4.78 is 5.36. The third-order valence-electron chi connectivity index (χ3n) is 2.85. The Hall–Kier alpha value is -0.810. The molecule has 0 aromatic heterocycles. The quantitative estimate of drug-likeness (QED) is 0.272. The number of nitrogens with two attached hydrogens (primary N) is 1. The zero-order valence-electron chi connectivity index (χ0n) is 9.49. The lowest BCUT2D eigenvalue weighted by atomic mass is 9.98. The summed E-state index contributed by atoms with van der Waals surface area (Å²) in [5, 5.41) is 15.0. The fraction of sp³-hybridized carbons (Fsp3) is 0.900. The molecule has 1 saturated heterocycles. The molecule has 5 heteroatoms. The number of oxime groups is 1. The summed E-state index contributed by atoms with van der Waals surface area (Å²) in [7, 11) is 0. The van der Waals surface area contributed by atoms with Gasteiger partial charge in [0.1, 0.15) is 5.84 Å². The SMILES string of the molecule is CCC(CC(N)=NO)NC1(C)CCOC1. The van der Waals surface area contributed by atoms with Crippen molar-refractivity contribution >= 4 is 5.84 Å². The van der Waals surface area contributed by atoms with E-state index in [1.165, 1.54) is 0 Å². The Morgan fingerprint density at radius 2 is 2.47 bits per heavy atom. The van der Waals surface area contributed by atoms with Crippen LogP contribution in [0.3, 0.4) is 0 Å². The third-order valence-corrected chi connectivity index (χ3v) is 2.85. The second-order valence-corrected chi connectivity index (χ2v) is 4.41. The van der Waals surface area contributed by atoms with Crippen LogP contribution in [0.4, 0.5) is 0 Å². The molecule has 0 aromatic rings. The summed E-state index contributed by atoms with van der Waals surface area (Å²) >= 11 is 0. The van der Waals surface area contributed by atoms with E-state index in [9.17, 15) is 0 Å². The Bertz CT molecular complexity index is 225. The van der Waals surface area contributed by atoms with E-state index in [1.54, 1.807) is 0 Å². The second-order valence-electron chi connectivity index (χ2n) is 4.41. The molecule has 0 bridgehead atoms. The molecule has 1 aliphatic rings. The number of rotatable bonds is 5. The topological polar surface area (TPSA) is 79.9 Å². The van der Waals surface area contributed by atoms with Gasteiger partial charge in [0.2, 0.25) is 0 Å². The zero-order chi connectivity index (χ0) is 11.3. The van der Waals surface area contributed by atoms with Crippen LogP contribution in [-0.2, 0) is 4.74 Å². The molecule has 0 spiro atoms. The Morgan fingerprint density at radius 1 is 1.73 bits per heavy atom. The largest absolute Gasteiger partial charge is 0.409 e. The normalized spacial score (nSPS) is 29.3. The fourth-order valence-electron chi connectivity index (χ4n) is 1.86. The second kappa shape index (κ2) is 5.32. The molecule has 0 amide bonds. The molecule has 0 aromatic carbocycles. The molecule has 5 nitrogen and oxygen atoms in total. The van der Waals surface area contributed by atoms with E-state index < -0.39 is 0 Å². The number of nitrogens with one attached hydrogen (secondary N) is 1. The van der Waals surface area contributed by atoms with Gasteiger partial charge in [-0.1, -0.05) is 12.1 Å². The van der Waals surface area contributed by atoms with E-state index in [-0.39, 0.29) is 17.4 Å². The first-order chi connectivity index (χ1) is 7.09. The lowest BCUT2D eigenvalue weighted by Crippen LogP contribution is -2.49. The van der Waals surface area contributed by atoms with Gasteiger partial charge < -0.3 is 21.0 Å². The lowest BCUT2D eigenvalue weighted by Gasteiger charge is -2.29. The lowest BCUT2D eigenvalue weighted by molar-refractivity contribution is 0.166. The van der Waals surface area contributed by atoms with Gasteiger partial charge in [-0.25, -0.2) is 0 Å². The highest BCUT2D eigenvalue weighted by atomic mass is 16.5. The van der Waals surface area contributed by atoms with Gasteiger partial charge in [0, 0.05) is 24.6 Å². The smallest absolute Gasteiger partial charge is 0.140 e. The highest BCUT2D eigenvalue weighted by Gasteiger charge is 2.31. The van der Waals surface area contributed by atoms with Crippen molar-refractivity contribution in [1.82, 2.24) is 5.32 Å². The van der Waals surface area contributed by atoms with Gasteiger partial charge in [-0.2, -0.15) is 0 Å². The molecule has 2 atom stereocenters. The Balaban J connectivity index is 2.45. The summed E-state index contributed by atoms with van der Waals surface area (Å²) in [6, 6.07) is 0.243. The monoisotopic (exact) mass is 215 g/mol. The van der Waals surface area contributed by atoms with Gasteiger partial charge in [0.15, 0.2) is 0 Å². The van der Waals surface area contributed by atoms with Crippen LogP contribution in [0.2, 0.25) is 0 Å². The molecule has 0 radical (unpaired) electrons. The van der Waals surface area contributed by atoms with Crippen LogP contribution in [0, 0.1) is 0 Å². The number of nitrogens with zero attached hydrogens (tertiary/aromatic N) is 1. The van der Waals surface area contributed by atoms with Crippen LogP contribution >= 0.6 is 0 Å². The number of amidine groups is 1. The zero-order valence-corrected chi connectivity index (χ0v) is 9.49. The van der Waals surface area contributed by atoms with Crippen molar-refractivity contribution in [3.05, 3.63) is 0 Å². The van der Waals surface area contributed by atoms with Gasteiger partial charge in [0.25, 0.3) is 0 Å². The molecule has 1 aliphatic heterocycles. The number of ether oxygens (including phenoxy) is 1. The fourth-order valence-corrected chi connectivity index (χ4v) is 1.86. The van der Waals surface area contributed by atoms with Crippen molar-refractivity contribution < 1.29 is 9.94 Å². The van der Waals surface area contributed by atoms with E-state index in [0.29, 0.717) is 6.42 Å². The number of hydrogen-bond donors (Lipinski definition) is 3. The molecule has 1 rings (SSSR count). The van der Waals surface area contributed by atoms with Gasteiger partial charge in [-0.05, 0) is 19.8 Å². The van der Waals surface area contributed by atoms with Gasteiger partial charge in [0.05, 0.1) is 6.61 Å². The maximum Gasteiger partial charge on any atom is 0.140 e. The molecule has 88 valence electrons. The van der Waals surface area contributed by atoms with Gasteiger partial charge in [-0.3, -0.25) is 0 Å². The average molecular weight is 215 g/mol. The van der Waals surface area contributed by atoms with Crippen molar-refractivity contribution in [3.63, 3.8) is 0 Å². The van der Waals surface area contributed by atoms with Crippen LogP contribution in [0.5, 0.6) is 0 Å². The summed E-state index contributed by atoms with van der Waals surface area (Å²) in [5.41, 5.74) is 5.53. The Labute approximate surface area is 90.7 Å². The molecular formula is C10H21N3O2. The highest BCUT2D eigenvalue weighted by Crippen LogP contribution is 2.19. The standard InChI is InChI=1S/C10H21N3O2/c1-3-8(6-9(11)13-14)12-10(2)4-5-15-7-10/h8,12,14H,3-7H2,1-2H3,(H2,11,13). The summed E-state index contributed by atoms with van der Waals surface area (Å²) in [6.45, 7) is 5.78. The number of hydrogen-bond acceptors (Lipinski definition) is 4. The first kappa shape index (κ1) is 12.3. The molecule has 15 heavy (non-hydrogen) atoms. The minimum atomic E-state index is 0.0381. The van der Waals surface area contributed by atoms with Crippen LogP contribution in [0.25, 0.3) is 0 Å². The van der Waals surface area contributed by atoms with Crippen LogP contribution < -0.4 is 11.1 Å². The predicted octanol–water partition coefficient (Wildman–Crippen LogP) is 0.670. The molecule has 1 fully saturated rings. The van der Waals surface area contributed by atoms with Crippen molar-refractivity contribution in [2.75, 3.05) is 13.2 Å². The maximum absolute atomic E-state index is 8.51. The summed E-state index contributed by atoms with van der Waals surface area (Å²) in [6.07, 6.45) is 2.54. The van der Waals surface area contributed by atoms with Crippen molar-refractivity contribution in [2.24, 2.45) is 10.9 Å². The molecule has 2 unspecified atom stereocenters. The molecule has 0 saturated carbocycles. The molecular weight excluding hydrogens is 194 g/mol. The first-order valence-corrected chi connectivity index (χ1v) is 5.41. The highest BCUT2D eigenvalue weighted by molar-refractivity contribution is 5.80. The Morgan fingerprint density at radius 3 is 2.93 bits per heavy atom. The molecule has 4 N–H and O–H groups in total. The molecule has 1 heterocycles.